The van der Waals surface area contributed by atoms with Gasteiger partial charge in [0.1, 0.15) is 23.1 Å². The van der Waals surface area contributed by atoms with Crippen LogP contribution in [0, 0.1) is 11.6 Å². The van der Waals surface area contributed by atoms with Crippen molar-refractivity contribution in [3.8, 4) is 45.4 Å². The van der Waals surface area contributed by atoms with E-state index in [0.717, 1.165) is 0 Å². The van der Waals surface area contributed by atoms with Crippen LogP contribution in [0.5, 0.6) is 11.5 Å². The molecule has 2 aromatic carbocycles. The summed E-state index contributed by atoms with van der Waals surface area (Å²) in [6, 6.07) is 17.9. The number of pyridine rings is 2. The van der Waals surface area contributed by atoms with E-state index in [1.165, 1.54) is 36.4 Å². The second-order valence-corrected chi connectivity index (χ2v) is 6.08. The van der Waals surface area contributed by atoms with E-state index in [0.29, 0.717) is 11.4 Å². The molecule has 0 spiro atoms. The van der Waals surface area contributed by atoms with Crippen LogP contribution in [0.1, 0.15) is 0 Å². The normalized spacial score (nSPS) is 10.8. The average Bonchev–Trinajstić information content (AvgIpc) is 2.68. The number of rotatable bonds is 3. The van der Waals surface area contributed by atoms with Crippen molar-refractivity contribution in [2.24, 2.45) is 0 Å². The average molecular weight is 376 g/mol. The maximum atomic E-state index is 14.2. The van der Waals surface area contributed by atoms with Gasteiger partial charge in [-0.05, 0) is 48.5 Å². The summed E-state index contributed by atoms with van der Waals surface area (Å²) >= 11 is 0. The first kappa shape index (κ1) is 17.6. The first-order chi connectivity index (χ1) is 13.5. The SMILES string of the molecule is Oc1cccc(F)c1-c1cccc(-c2cccc(-c3c(O)cccc3F)n2)n1. The molecule has 0 aliphatic heterocycles. The zero-order valence-corrected chi connectivity index (χ0v) is 14.5. The minimum Gasteiger partial charge on any atom is -0.507 e. The van der Waals surface area contributed by atoms with E-state index in [2.05, 4.69) is 9.97 Å². The van der Waals surface area contributed by atoms with Crippen LogP contribution >= 0.6 is 0 Å². The Bertz CT molecular complexity index is 1050. The second-order valence-electron chi connectivity index (χ2n) is 6.08. The molecule has 0 atom stereocenters. The van der Waals surface area contributed by atoms with Gasteiger partial charge in [-0.2, -0.15) is 0 Å². The molecule has 0 saturated carbocycles. The molecule has 6 heteroatoms. The first-order valence-electron chi connectivity index (χ1n) is 8.45. The van der Waals surface area contributed by atoms with Gasteiger partial charge in [-0.1, -0.05) is 24.3 Å². The van der Waals surface area contributed by atoms with Crippen molar-refractivity contribution in [3.63, 3.8) is 0 Å². The molecule has 0 saturated heterocycles. The number of hydrogen-bond acceptors (Lipinski definition) is 4. The monoisotopic (exact) mass is 376 g/mol. The third-order valence-electron chi connectivity index (χ3n) is 4.26. The van der Waals surface area contributed by atoms with Crippen LogP contribution in [0.25, 0.3) is 33.9 Å². The smallest absolute Gasteiger partial charge is 0.136 e. The zero-order valence-electron chi connectivity index (χ0n) is 14.5. The van der Waals surface area contributed by atoms with Gasteiger partial charge in [-0.3, -0.25) is 0 Å². The number of aromatic hydroxyl groups is 2. The Hall–Kier alpha value is -3.80. The summed E-state index contributed by atoms with van der Waals surface area (Å²) in [7, 11) is 0. The van der Waals surface area contributed by atoms with Crippen molar-refractivity contribution >= 4 is 0 Å². The minimum absolute atomic E-state index is 0.00717. The van der Waals surface area contributed by atoms with Gasteiger partial charge in [0.15, 0.2) is 0 Å². The van der Waals surface area contributed by atoms with E-state index in [1.807, 2.05) is 0 Å². The summed E-state index contributed by atoms with van der Waals surface area (Å²) in [5.41, 5.74) is 1.30. The van der Waals surface area contributed by atoms with Crippen LogP contribution in [0.2, 0.25) is 0 Å². The lowest BCUT2D eigenvalue weighted by molar-refractivity contribution is 0.471. The van der Waals surface area contributed by atoms with Gasteiger partial charge in [-0.25, -0.2) is 18.7 Å². The molecule has 4 rings (SSSR count). The van der Waals surface area contributed by atoms with Crippen LogP contribution in [-0.2, 0) is 0 Å². The van der Waals surface area contributed by atoms with Crippen molar-refractivity contribution in [2.45, 2.75) is 0 Å². The van der Waals surface area contributed by atoms with Crippen LogP contribution in [-0.4, -0.2) is 20.2 Å². The zero-order chi connectivity index (χ0) is 19.7. The Morgan fingerprint density at radius 2 is 0.857 bits per heavy atom. The Labute approximate surface area is 159 Å². The number of hydrogen-bond donors (Lipinski definition) is 2. The number of halogens is 2. The molecule has 2 N–H and O–H groups in total. The highest BCUT2D eigenvalue weighted by Crippen LogP contribution is 2.33. The minimum atomic E-state index is -0.595. The third-order valence-corrected chi connectivity index (χ3v) is 4.26. The summed E-state index contributed by atoms with van der Waals surface area (Å²) < 4.78 is 28.3. The van der Waals surface area contributed by atoms with Crippen LogP contribution in [0.15, 0.2) is 72.8 Å². The van der Waals surface area contributed by atoms with Gasteiger partial charge in [0, 0.05) is 0 Å². The number of benzene rings is 2. The lowest BCUT2D eigenvalue weighted by Crippen LogP contribution is -1.95. The van der Waals surface area contributed by atoms with Gasteiger partial charge in [0.2, 0.25) is 0 Å². The second kappa shape index (κ2) is 7.08. The fraction of sp³-hybridized carbons (Fsp3) is 0. The van der Waals surface area contributed by atoms with Crippen molar-refractivity contribution in [1.29, 1.82) is 0 Å². The fourth-order valence-corrected chi connectivity index (χ4v) is 2.97. The molecular formula is C22H14F2N2O2. The van der Waals surface area contributed by atoms with Crippen molar-refractivity contribution < 1.29 is 19.0 Å². The highest BCUT2D eigenvalue weighted by molar-refractivity contribution is 5.72. The van der Waals surface area contributed by atoms with E-state index < -0.39 is 11.6 Å². The Kier molecular flexibility index (Phi) is 4.45. The van der Waals surface area contributed by atoms with Crippen molar-refractivity contribution in [3.05, 3.63) is 84.4 Å². The third kappa shape index (κ3) is 3.16. The Morgan fingerprint density at radius 1 is 0.500 bits per heavy atom. The van der Waals surface area contributed by atoms with Crippen LogP contribution in [0.3, 0.4) is 0 Å². The highest BCUT2D eigenvalue weighted by Gasteiger charge is 2.15. The summed E-state index contributed by atoms with van der Waals surface area (Å²) in [5.74, 6) is -1.63. The maximum Gasteiger partial charge on any atom is 0.136 e. The van der Waals surface area contributed by atoms with E-state index in [-0.39, 0.29) is 34.0 Å². The largest absolute Gasteiger partial charge is 0.507 e. The molecule has 138 valence electrons. The molecule has 0 fully saturated rings. The first-order valence-corrected chi connectivity index (χ1v) is 8.45. The van der Waals surface area contributed by atoms with Crippen molar-refractivity contribution in [2.75, 3.05) is 0 Å². The number of phenolic OH excluding ortho intramolecular Hbond substituents is 2. The van der Waals surface area contributed by atoms with Crippen LogP contribution < -0.4 is 0 Å². The molecule has 2 aromatic heterocycles. The molecule has 0 aliphatic carbocycles. The number of nitrogens with zero attached hydrogens (tertiary/aromatic N) is 2. The summed E-state index contributed by atoms with van der Waals surface area (Å²) in [4.78, 5) is 8.79. The lowest BCUT2D eigenvalue weighted by atomic mass is 10.1. The molecule has 0 radical (unpaired) electrons. The van der Waals surface area contributed by atoms with Crippen LogP contribution in [0.4, 0.5) is 8.78 Å². The van der Waals surface area contributed by atoms with Gasteiger partial charge >= 0.3 is 0 Å². The van der Waals surface area contributed by atoms with Crippen molar-refractivity contribution in [1.82, 2.24) is 9.97 Å². The molecule has 0 bridgehead atoms. The van der Waals surface area contributed by atoms with Gasteiger partial charge in [0.25, 0.3) is 0 Å². The predicted octanol–water partition coefficient (Wildman–Crippen LogP) is 5.17. The number of phenols is 2. The van der Waals surface area contributed by atoms with Gasteiger partial charge in [-0.15, -0.1) is 0 Å². The highest BCUT2D eigenvalue weighted by atomic mass is 19.1. The van der Waals surface area contributed by atoms with E-state index in [4.69, 9.17) is 0 Å². The molecule has 4 aromatic rings. The molecule has 4 nitrogen and oxygen atoms in total. The number of aromatic nitrogens is 2. The summed E-state index contributed by atoms with van der Waals surface area (Å²) in [6.07, 6.45) is 0. The molecule has 0 aliphatic rings. The summed E-state index contributed by atoms with van der Waals surface area (Å²) in [5, 5.41) is 20.0. The maximum absolute atomic E-state index is 14.2. The Morgan fingerprint density at radius 3 is 1.25 bits per heavy atom. The molecular weight excluding hydrogens is 362 g/mol. The molecule has 28 heavy (non-hydrogen) atoms. The van der Waals surface area contributed by atoms with Gasteiger partial charge in [0.05, 0.1) is 33.9 Å². The van der Waals surface area contributed by atoms with Gasteiger partial charge < -0.3 is 10.2 Å². The molecule has 0 unspecified atom stereocenters. The topological polar surface area (TPSA) is 66.2 Å². The van der Waals surface area contributed by atoms with E-state index in [1.54, 1.807) is 36.4 Å². The quantitative estimate of drug-likeness (QED) is 0.518. The molecule has 2 heterocycles. The van der Waals surface area contributed by atoms with E-state index >= 15 is 0 Å². The predicted molar refractivity (Wildman–Crippen MR) is 102 cm³/mol. The fourth-order valence-electron chi connectivity index (χ4n) is 2.97. The lowest BCUT2D eigenvalue weighted by Gasteiger charge is -2.09. The summed E-state index contributed by atoms with van der Waals surface area (Å²) in [6.45, 7) is 0. The standard InChI is InChI=1S/C22H14F2N2O2/c23-13-5-1-11-19(27)21(13)17-9-3-7-15(25-17)16-8-4-10-18(26-16)22-14(24)6-2-12-20(22)28/h1-12,27-28H. The Balaban J connectivity index is 1.81. The van der Waals surface area contributed by atoms with E-state index in [9.17, 15) is 19.0 Å². The molecule has 0 amide bonds.